The van der Waals surface area contributed by atoms with Gasteiger partial charge in [-0.15, -0.1) is 0 Å². The maximum Gasteiger partial charge on any atom is 0.319 e. The van der Waals surface area contributed by atoms with E-state index in [0.717, 1.165) is 16.8 Å². The summed E-state index contributed by atoms with van der Waals surface area (Å²) in [5.41, 5.74) is 3.85. The van der Waals surface area contributed by atoms with Crippen molar-refractivity contribution in [2.75, 3.05) is 16.8 Å². The molecule has 1 aliphatic rings. The molecule has 0 spiro atoms. The fourth-order valence-electron chi connectivity index (χ4n) is 2.76. The van der Waals surface area contributed by atoms with Gasteiger partial charge in [0.25, 0.3) is 0 Å². The van der Waals surface area contributed by atoms with E-state index in [4.69, 9.17) is 0 Å². The molecule has 2 aromatic rings. The maximum absolute atomic E-state index is 12.5. The first-order chi connectivity index (χ1) is 11.5. The number of carbonyl (C=O) groups is 2. The highest BCUT2D eigenvalue weighted by Gasteiger charge is 2.33. The van der Waals surface area contributed by atoms with Crippen molar-refractivity contribution in [2.45, 2.75) is 26.3 Å². The number of rotatable bonds is 3. The number of hydrogen-bond acceptors (Lipinski definition) is 2. The molecule has 24 heavy (non-hydrogen) atoms. The molecule has 5 nitrogen and oxygen atoms in total. The highest BCUT2D eigenvalue weighted by Crippen LogP contribution is 2.22. The molecule has 2 N–H and O–H groups in total. The molecule has 1 fully saturated rings. The number of amides is 3. The van der Waals surface area contributed by atoms with Gasteiger partial charge in [-0.2, -0.15) is 0 Å². The molecule has 124 valence electrons. The van der Waals surface area contributed by atoms with Crippen molar-refractivity contribution < 1.29 is 9.59 Å². The molecule has 0 saturated carbocycles. The van der Waals surface area contributed by atoms with E-state index in [0.29, 0.717) is 18.7 Å². The number of anilines is 2. The van der Waals surface area contributed by atoms with Crippen LogP contribution >= 0.6 is 0 Å². The van der Waals surface area contributed by atoms with Crippen molar-refractivity contribution in [3.63, 3.8) is 0 Å². The Morgan fingerprint density at radius 1 is 1.00 bits per heavy atom. The minimum absolute atomic E-state index is 0.0714. The molecule has 0 radical (unpaired) electrons. The third-order valence-corrected chi connectivity index (χ3v) is 4.17. The Hall–Kier alpha value is -2.82. The zero-order valence-electron chi connectivity index (χ0n) is 13.9. The van der Waals surface area contributed by atoms with E-state index in [-0.39, 0.29) is 11.9 Å². The van der Waals surface area contributed by atoms with Crippen LogP contribution in [-0.4, -0.2) is 24.5 Å². The Kier molecular flexibility index (Phi) is 4.51. The van der Waals surface area contributed by atoms with Crippen LogP contribution in [0, 0.1) is 13.8 Å². The largest absolute Gasteiger partial charge is 0.326 e. The molecule has 0 aliphatic carbocycles. The number of benzene rings is 2. The first kappa shape index (κ1) is 16.1. The van der Waals surface area contributed by atoms with Gasteiger partial charge < -0.3 is 15.5 Å². The number of nitrogens with one attached hydrogen (secondary N) is 2. The lowest BCUT2D eigenvalue weighted by molar-refractivity contribution is -0.118. The molecule has 1 heterocycles. The first-order valence-electron chi connectivity index (χ1n) is 8.05. The Bertz CT molecular complexity index is 738. The van der Waals surface area contributed by atoms with Gasteiger partial charge in [0.05, 0.1) is 0 Å². The maximum atomic E-state index is 12.5. The second kappa shape index (κ2) is 6.74. The Morgan fingerprint density at radius 3 is 2.21 bits per heavy atom. The van der Waals surface area contributed by atoms with Crippen LogP contribution < -0.4 is 15.5 Å². The highest BCUT2D eigenvalue weighted by atomic mass is 16.2. The molecular formula is C19H21N3O2. The Labute approximate surface area is 141 Å². The predicted octanol–water partition coefficient (Wildman–Crippen LogP) is 3.23. The lowest BCUT2D eigenvalue weighted by Gasteiger charge is -2.17. The van der Waals surface area contributed by atoms with Crippen LogP contribution in [0.1, 0.15) is 17.5 Å². The zero-order chi connectivity index (χ0) is 17.1. The molecule has 5 heteroatoms. The summed E-state index contributed by atoms with van der Waals surface area (Å²) in [6.07, 6.45) is 0.605. The third kappa shape index (κ3) is 3.56. The van der Waals surface area contributed by atoms with Crippen LogP contribution in [0.3, 0.4) is 0 Å². The standard InChI is InChI=1S/C19H21N3O2/c1-13-3-7-15(8-4-13)20-19(24)21-17-11-12-22(18(17)23)16-9-5-14(2)6-10-16/h3-10,17H,11-12H2,1-2H3,(H2,20,21,24). The Balaban J connectivity index is 1.60. The lowest BCUT2D eigenvalue weighted by Crippen LogP contribution is -2.43. The summed E-state index contributed by atoms with van der Waals surface area (Å²) >= 11 is 0. The average molecular weight is 323 g/mol. The minimum atomic E-state index is -0.489. The smallest absolute Gasteiger partial charge is 0.319 e. The van der Waals surface area contributed by atoms with Crippen LogP contribution in [0.5, 0.6) is 0 Å². The normalized spacial score (nSPS) is 17.0. The van der Waals surface area contributed by atoms with E-state index in [1.54, 1.807) is 4.90 Å². The molecule has 1 saturated heterocycles. The average Bonchev–Trinajstić information content (AvgIpc) is 2.91. The van der Waals surface area contributed by atoms with Crippen molar-refractivity contribution in [1.29, 1.82) is 0 Å². The number of nitrogens with zero attached hydrogens (tertiary/aromatic N) is 1. The van der Waals surface area contributed by atoms with Gasteiger partial charge in [0, 0.05) is 17.9 Å². The molecule has 1 aliphatic heterocycles. The fourth-order valence-corrected chi connectivity index (χ4v) is 2.76. The van der Waals surface area contributed by atoms with Crippen LogP contribution in [-0.2, 0) is 4.79 Å². The minimum Gasteiger partial charge on any atom is -0.326 e. The molecular weight excluding hydrogens is 302 g/mol. The third-order valence-electron chi connectivity index (χ3n) is 4.17. The number of hydrogen-bond donors (Lipinski definition) is 2. The first-order valence-corrected chi connectivity index (χ1v) is 8.05. The fraction of sp³-hybridized carbons (Fsp3) is 0.263. The van der Waals surface area contributed by atoms with E-state index < -0.39 is 6.04 Å². The molecule has 0 aromatic heterocycles. The molecule has 3 amide bonds. The van der Waals surface area contributed by atoms with Gasteiger partial charge >= 0.3 is 6.03 Å². The quantitative estimate of drug-likeness (QED) is 0.911. The predicted molar refractivity (Wildman–Crippen MR) is 95.3 cm³/mol. The van der Waals surface area contributed by atoms with Crippen LogP contribution in [0.15, 0.2) is 48.5 Å². The molecule has 1 atom stereocenters. The van der Waals surface area contributed by atoms with Gasteiger partial charge in [0.15, 0.2) is 0 Å². The Morgan fingerprint density at radius 2 is 1.58 bits per heavy atom. The van der Waals surface area contributed by atoms with Gasteiger partial charge in [-0.3, -0.25) is 4.79 Å². The van der Waals surface area contributed by atoms with Crippen molar-refractivity contribution in [3.8, 4) is 0 Å². The van der Waals surface area contributed by atoms with E-state index in [9.17, 15) is 9.59 Å². The van der Waals surface area contributed by atoms with E-state index in [2.05, 4.69) is 10.6 Å². The summed E-state index contributed by atoms with van der Waals surface area (Å²) < 4.78 is 0. The summed E-state index contributed by atoms with van der Waals surface area (Å²) in [6, 6.07) is 14.5. The van der Waals surface area contributed by atoms with Crippen molar-refractivity contribution in [3.05, 3.63) is 59.7 Å². The SMILES string of the molecule is Cc1ccc(NC(=O)NC2CCN(c3ccc(C)cc3)C2=O)cc1. The van der Waals surface area contributed by atoms with Gasteiger partial charge in [-0.1, -0.05) is 35.4 Å². The van der Waals surface area contributed by atoms with Crippen molar-refractivity contribution in [1.82, 2.24) is 5.32 Å². The van der Waals surface area contributed by atoms with E-state index in [1.807, 2.05) is 62.4 Å². The number of urea groups is 1. The second-order valence-corrected chi connectivity index (χ2v) is 6.13. The van der Waals surface area contributed by atoms with Crippen LogP contribution in [0.2, 0.25) is 0 Å². The van der Waals surface area contributed by atoms with Gasteiger partial charge in [0.2, 0.25) is 5.91 Å². The van der Waals surface area contributed by atoms with E-state index >= 15 is 0 Å². The van der Waals surface area contributed by atoms with Gasteiger partial charge in [0.1, 0.15) is 6.04 Å². The summed E-state index contributed by atoms with van der Waals surface area (Å²) in [7, 11) is 0. The topological polar surface area (TPSA) is 61.4 Å². The summed E-state index contributed by atoms with van der Waals surface area (Å²) in [5, 5.41) is 5.52. The molecule has 0 bridgehead atoms. The van der Waals surface area contributed by atoms with Crippen molar-refractivity contribution >= 4 is 23.3 Å². The van der Waals surface area contributed by atoms with Gasteiger partial charge in [-0.05, 0) is 44.5 Å². The lowest BCUT2D eigenvalue weighted by atomic mass is 10.2. The van der Waals surface area contributed by atoms with E-state index in [1.165, 1.54) is 0 Å². The number of carbonyl (C=O) groups excluding carboxylic acids is 2. The summed E-state index contributed by atoms with van der Waals surface area (Å²) in [4.78, 5) is 26.3. The van der Waals surface area contributed by atoms with Crippen molar-refractivity contribution in [2.24, 2.45) is 0 Å². The molecule has 3 rings (SSSR count). The van der Waals surface area contributed by atoms with Crippen LogP contribution in [0.25, 0.3) is 0 Å². The highest BCUT2D eigenvalue weighted by molar-refractivity contribution is 6.02. The zero-order valence-corrected chi connectivity index (χ0v) is 13.9. The van der Waals surface area contributed by atoms with Gasteiger partial charge in [-0.25, -0.2) is 4.79 Å². The number of aryl methyl sites for hydroxylation is 2. The summed E-state index contributed by atoms with van der Waals surface area (Å²) in [5.74, 6) is -0.0714. The molecule has 2 aromatic carbocycles. The summed E-state index contributed by atoms with van der Waals surface area (Å²) in [6.45, 7) is 4.60. The van der Waals surface area contributed by atoms with Crippen LogP contribution in [0.4, 0.5) is 16.2 Å². The second-order valence-electron chi connectivity index (χ2n) is 6.13. The molecule has 1 unspecified atom stereocenters. The monoisotopic (exact) mass is 323 g/mol.